The van der Waals surface area contributed by atoms with Gasteiger partial charge in [-0.25, -0.2) is 4.39 Å². The summed E-state index contributed by atoms with van der Waals surface area (Å²) in [7, 11) is 0. The van der Waals surface area contributed by atoms with Crippen LogP contribution >= 0.6 is 0 Å². The van der Waals surface area contributed by atoms with Crippen molar-refractivity contribution in [1.82, 2.24) is 10.2 Å². The maximum Gasteiger partial charge on any atom is 0.256 e. The van der Waals surface area contributed by atoms with Crippen LogP contribution in [0.4, 0.5) is 4.39 Å². The number of halogens is 1. The van der Waals surface area contributed by atoms with E-state index in [2.05, 4.69) is 5.32 Å². The Bertz CT molecular complexity index is 996. The van der Waals surface area contributed by atoms with Gasteiger partial charge in [-0.15, -0.1) is 0 Å². The molecule has 162 valence electrons. The summed E-state index contributed by atoms with van der Waals surface area (Å²) in [6.45, 7) is 0.929. The minimum atomic E-state index is -0.518. The highest BCUT2D eigenvalue weighted by Gasteiger charge is 2.26. The van der Waals surface area contributed by atoms with Crippen molar-refractivity contribution in [3.8, 4) is 0 Å². The van der Waals surface area contributed by atoms with E-state index in [1.54, 1.807) is 17.0 Å². The Balaban J connectivity index is 1.22. The predicted octanol–water partition coefficient (Wildman–Crippen LogP) is 3.70. The maximum atomic E-state index is 13.8. The van der Waals surface area contributed by atoms with Crippen LogP contribution in [0.3, 0.4) is 0 Å². The molecule has 0 atom stereocenters. The first-order valence-electron chi connectivity index (χ1n) is 11.0. The van der Waals surface area contributed by atoms with E-state index in [-0.39, 0.29) is 42.0 Å². The molecule has 2 aromatic carbocycles. The lowest BCUT2D eigenvalue weighted by Gasteiger charge is -2.32. The number of carbonyl (C=O) groups excluding carboxylic acids is 3. The highest BCUT2D eigenvalue weighted by Crippen LogP contribution is 2.23. The molecule has 1 N–H and O–H groups in total. The molecule has 0 spiro atoms. The van der Waals surface area contributed by atoms with Crippen molar-refractivity contribution in [2.24, 2.45) is 0 Å². The molecule has 5 nitrogen and oxygen atoms in total. The molecule has 0 unspecified atom stereocenters. The molecular formula is C25H27FN2O3. The Hall–Kier alpha value is -3.02. The van der Waals surface area contributed by atoms with Crippen LogP contribution in [0.1, 0.15) is 63.9 Å². The molecule has 0 saturated carbocycles. The SMILES string of the molecule is O=C(CCC(=O)c1ccc2c(c1)CCC2)NC1CCN(C(=O)c2ccccc2F)CC1. The van der Waals surface area contributed by atoms with E-state index in [1.165, 1.54) is 23.3 Å². The number of nitrogens with zero attached hydrogens (tertiary/aromatic N) is 1. The van der Waals surface area contributed by atoms with Gasteiger partial charge in [-0.2, -0.15) is 0 Å². The zero-order valence-corrected chi connectivity index (χ0v) is 17.5. The van der Waals surface area contributed by atoms with Crippen LogP contribution in [0.15, 0.2) is 42.5 Å². The minimum absolute atomic E-state index is 0.00449. The Labute approximate surface area is 181 Å². The van der Waals surface area contributed by atoms with Crippen LogP contribution in [0.5, 0.6) is 0 Å². The number of likely N-dealkylation sites (tertiary alicyclic amines) is 1. The lowest BCUT2D eigenvalue weighted by atomic mass is 10.0. The summed E-state index contributed by atoms with van der Waals surface area (Å²) in [6.07, 6.45) is 4.82. The van der Waals surface area contributed by atoms with Crippen LogP contribution in [0, 0.1) is 5.82 Å². The molecule has 0 aromatic heterocycles. The number of fused-ring (bicyclic) bond motifs is 1. The monoisotopic (exact) mass is 422 g/mol. The Morgan fingerprint density at radius 1 is 0.968 bits per heavy atom. The molecule has 1 aliphatic carbocycles. The smallest absolute Gasteiger partial charge is 0.256 e. The third kappa shape index (κ3) is 5.01. The van der Waals surface area contributed by atoms with Crippen molar-refractivity contribution in [3.63, 3.8) is 0 Å². The molecule has 2 amide bonds. The summed E-state index contributed by atoms with van der Waals surface area (Å²) >= 11 is 0. The van der Waals surface area contributed by atoms with Crippen LogP contribution in [-0.2, 0) is 17.6 Å². The summed E-state index contributed by atoms with van der Waals surface area (Å²) in [5, 5.41) is 2.97. The zero-order valence-electron chi connectivity index (χ0n) is 17.5. The number of amides is 2. The van der Waals surface area contributed by atoms with Crippen LogP contribution < -0.4 is 5.32 Å². The molecule has 2 aliphatic rings. The number of carbonyl (C=O) groups is 3. The minimum Gasteiger partial charge on any atom is -0.353 e. The fourth-order valence-electron chi connectivity index (χ4n) is 4.45. The van der Waals surface area contributed by atoms with Gasteiger partial charge in [-0.1, -0.05) is 24.3 Å². The van der Waals surface area contributed by atoms with Crippen molar-refractivity contribution < 1.29 is 18.8 Å². The van der Waals surface area contributed by atoms with E-state index in [0.29, 0.717) is 31.5 Å². The Morgan fingerprint density at radius 2 is 1.71 bits per heavy atom. The molecule has 1 heterocycles. The summed E-state index contributed by atoms with van der Waals surface area (Å²) in [5.74, 6) is -0.984. The topological polar surface area (TPSA) is 66.5 Å². The van der Waals surface area contributed by atoms with E-state index < -0.39 is 5.82 Å². The number of aryl methyl sites for hydroxylation is 2. The summed E-state index contributed by atoms with van der Waals surface area (Å²) in [4.78, 5) is 38.9. The number of rotatable bonds is 6. The molecule has 0 bridgehead atoms. The van der Waals surface area contributed by atoms with E-state index in [0.717, 1.165) is 19.3 Å². The van der Waals surface area contributed by atoms with Crippen molar-refractivity contribution in [1.29, 1.82) is 0 Å². The number of benzene rings is 2. The number of nitrogens with one attached hydrogen (secondary N) is 1. The molecule has 1 aliphatic heterocycles. The summed E-state index contributed by atoms with van der Waals surface area (Å²) < 4.78 is 13.8. The number of ketones is 1. The van der Waals surface area contributed by atoms with Crippen LogP contribution in [0.25, 0.3) is 0 Å². The number of piperidine rings is 1. The normalized spacial score (nSPS) is 16.1. The van der Waals surface area contributed by atoms with Gasteiger partial charge in [-0.3, -0.25) is 14.4 Å². The van der Waals surface area contributed by atoms with Crippen molar-refractivity contribution in [3.05, 3.63) is 70.5 Å². The third-order valence-electron chi connectivity index (χ3n) is 6.25. The lowest BCUT2D eigenvalue weighted by Crippen LogP contribution is -2.46. The molecule has 4 rings (SSSR count). The second-order valence-electron chi connectivity index (χ2n) is 8.37. The second-order valence-corrected chi connectivity index (χ2v) is 8.37. The molecule has 6 heteroatoms. The van der Waals surface area contributed by atoms with E-state index in [9.17, 15) is 18.8 Å². The first-order valence-corrected chi connectivity index (χ1v) is 11.0. The molecule has 2 aromatic rings. The van der Waals surface area contributed by atoms with Gasteiger partial charge in [0.25, 0.3) is 5.91 Å². The van der Waals surface area contributed by atoms with Crippen molar-refractivity contribution in [2.45, 2.75) is 51.0 Å². The van der Waals surface area contributed by atoms with E-state index in [4.69, 9.17) is 0 Å². The third-order valence-corrected chi connectivity index (χ3v) is 6.25. The second kappa shape index (κ2) is 9.41. The van der Waals surface area contributed by atoms with Crippen LogP contribution in [-0.4, -0.2) is 41.6 Å². The standard InChI is InChI=1S/C25H27FN2O3/c26-22-7-2-1-6-21(22)25(31)28-14-12-20(13-15-28)27-24(30)11-10-23(29)19-9-8-17-4-3-5-18(17)16-19/h1-2,6-9,16,20H,3-5,10-15H2,(H,27,30). The van der Waals surface area contributed by atoms with Crippen molar-refractivity contribution >= 4 is 17.6 Å². The first-order chi connectivity index (χ1) is 15.0. The van der Waals surface area contributed by atoms with Crippen LogP contribution in [0.2, 0.25) is 0 Å². The summed E-state index contributed by atoms with van der Waals surface area (Å²) in [5.41, 5.74) is 3.35. The zero-order chi connectivity index (χ0) is 21.8. The van der Waals surface area contributed by atoms with Gasteiger partial charge in [0.15, 0.2) is 5.78 Å². The Morgan fingerprint density at radius 3 is 2.48 bits per heavy atom. The Kier molecular flexibility index (Phi) is 6.44. The first kappa shape index (κ1) is 21.2. The molecule has 1 fully saturated rings. The number of hydrogen-bond acceptors (Lipinski definition) is 3. The van der Waals surface area contributed by atoms with Gasteiger partial charge in [0.1, 0.15) is 5.82 Å². The molecule has 31 heavy (non-hydrogen) atoms. The maximum absolute atomic E-state index is 13.8. The van der Waals surface area contributed by atoms with Gasteiger partial charge in [0, 0.05) is 37.5 Å². The average molecular weight is 423 g/mol. The fraction of sp³-hybridized carbons (Fsp3) is 0.400. The van der Waals surface area contributed by atoms with E-state index >= 15 is 0 Å². The molecular weight excluding hydrogens is 395 g/mol. The highest BCUT2D eigenvalue weighted by molar-refractivity contribution is 5.98. The molecule has 0 radical (unpaired) electrons. The van der Waals surface area contributed by atoms with Gasteiger partial charge in [0.2, 0.25) is 5.91 Å². The van der Waals surface area contributed by atoms with Gasteiger partial charge in [-0.05, 0) is 61.4 Å². The van der Waals surface area contributed by atoms with Crippen molar-refractivity contribution in [2.75, 3.05) is 13.1 Å². The predicted molar refractivity (Wildman–Crippen MR) is 115 cm³/mol. The fourth-order valence-corrected chi connectivity index (χ4v) is 4.45. The molecule has 1 saturated heterocycles. The van der Waals surface area contributed by atoms with Gasteiger partial charge >= 0.3 is 0 Å². The number of hydrogen-bond donors (Lipinski definition) is 1. The van der Waals surface area contributed by atoms with Gasteiger partial charge < -0.3 is 10.2 Å². The number of Topliss-reactive ketones (excluding diaryl/α,β-unsaturated/α-hetero) is 1. The quantitative estimate of drug-likeness (QED) is 0.722. The highest BCUT2D eigenvalue weighted by atomic mass is 19.1. The van der Waals surface area contributed by atoms with E-state index in [1.807, 2.05) is 18.2 Å². The average Bonchev–Trinajstić information content (AvgIpc) is 3.26. The van der Waals surface area contributed by atoms with Gasteiger partial charge in [0.05, 0.1) is 5.56 Å². The summed E-state index contributed by atoms with van der Waals surface area (Å²) in [6, 6.07) is 11.8. The lowest BCUT2D eigenvalue weighted by molar-refractivity contribution is -0.122. The largest absolute Gasteiger partial charge is 0.353 e.